The molecule has 0 bridgehead atoms. The van der Waals surface area contributed by atoms with E-state index in [1.54, 1.807) is 7.05 Å². The maximum Gasteiger partial charge on any atom is 0.254 e. The first kappa shape index (κ1) is 17.6. The molecule has 1 aliphatic carbocycles. The van der Waals surface area contributed by atoms with Crippen molar-refractivity contribution < 1.29 is 14.0 Å². The van der Waals surface area contributed by atoms with Crippen LogP contribution >= 0.6 is 0 Å². The number of nitrogens with one attached hydrogen (secondary N) is 2. The Morgan fingerprint density at radius 1 is 1.26 bits per heavy atom. The molecule has 1 aromatic rings. The Kier molecular flexibility index (Phi) is 5.85. The lowest BCUT2D eigenvalue weighted by molar-refractivity contribution is -0.125. The average Bonchev–Trinajstić information content (AvgIpc) is 2.94. The fourth-order valence-corrected chi connectivity index (χ4v) is 3.18. The lowest BCUT2D eigenvalue weighted by atomic mass is 9.81. The molecule has 2 amide bonds. The highest BCUT2D eigenvalue weighted by molar-refractivity contribution is 5.95. The fourth-order valence-electron chi connectivity index (χ4n) is 3.18. The molecule has 0 aliphatic heterocycles. The van der Waals surface area contributed by atoms with Gasteiger partial charge in [-0.25, -0.2) is 0 Å². The van der Waals surface area contributed by atoms with Crippen molar-refractivity contribution >= 4 is 11.8 Å². The number of hydrogen-bond acceptors (Lipinski definition) is 3. The summed E-state index contributed by atoms with van der Waals surface area (Å²) in [5, 5.41) is 5.74. The predicted molar refractivity (Wildman–Crippen MR) is 89.4 cm³/mol. The maximum atomic E-state index is 12.3. The topological polar surface area (TPSA) is 71.3 Å². The summed E-state index contributed by atoms with van der Waals surface area (Å²) in [5.41, 5.74) is 0.632. The molecule has 23 heavy (non-hydrogen) atoms. The van der Waals surface area contributed by atoms with Crippen LogP contribution in [-0.4, -0.2) is 25.4 Å². The Morgan fingerprint density at radius 3 is 2.43 bits per heavy atom. The van der Waals surface area contributed by atoms with Gasteiger partial charge in [-0.1, -0.05) is 13.8 Å². The first-order valence-corrected chi connectivity index (χ1v) is 8.52. The van der Waals surface area contributed by atoms with Crippen molar-refractivity contribution in [3.63, 3.8) is 0 Å². The molecule has 2 rings (SSSR count). The zero-order valence-electron chi connectivity index (χ0n) is 14.6. The second kappa shape index (κ2) is 7.66. The van der Waals surface area contributed by atoms with E-state index < -0.39 is 0 Å². The molecular formula is C18H28N2O3. The van der Waals surface area contributed by atoms with E-state index in [0.717, 1.165) is 31.4 Å². The Labute approximate surface area is 138 Å². The van der Waals surface area contributed by atoms with Crippen LogP contribution in [0.4, 0.5) is 0 Å². The van der Waals surface area contributed by atoms with Crippen LogP contribution in [0.25, 0.3) is 0 Å². The van der Waals surface area contributed by atoms with Crippen LogP contribution in [0.5, 0.6) is 0 Å². The molecule has 0 aromatic carbocycles. The summed E-state index contributed by atoms with van der Waals surface area (Å²) in [6.45, 7) is 6.59. The minimum absolute atomic E-state index is 0.0634. The third-order valence-electron chi connectivity index (χ3n) is 4.77. The molecule has 0 unspecified atom stereocenters. The summed E-state index contributed by atoms with van der Waals surface area (Å²) in [4.78, 5) is 24.0. The monoisotopic (exact) mass is 320 g/mol. The van der Waals surface area contributed by atoms with Gasteiger partial charge in [-0.05, 0) is 44.6 Å². The minimum Gasteiger partial charge on any atom is -0.465 e. The number of rotatable bonds is 5. The molecule has 5 heteroatoms. The van der Waals surface area contributed by atoms with Gasteiger partial charge < -0.3 is 15.1 Å². The number of carbonyl (C=O) groups is 2. The van der Waals surface area contributed by atoms with E-state index in [0.29, 0.717) is 23.8 Å². The van der Waals surface area contributed by atoms with Crippen molar-refractivity contribution in [2.24, 2.45) is 11.8 Å². The molecule has 1 aromatic heterocycles. The van der Waals surface area contributed by atoms with Crippen molar-refractivity contribution in [3.8, 4) is 0 Å². The predicted octanol–water partition coefficient (Wildman–Crippen LogP) is 2.99. The van der Waals surface area contributed by atoms with Crippen molar-refractivity contribution in [1.82, 2.24) is 10.6 Å². The van der Waals surface area contributed by atoms with Gasteiger partial charge in [0, 0.05) is 25.4 Å². The summed E-state index contributed by atoms with van der Waals surface area (Å²) < 4.78 is 5.64. The van der Waals surface area contributed by atoms with Gasteiger partial charge in [-0.15, -0.1) is 0 Å². The number of amides is 2. The van der Waals surface area contributed by atoms with Crippen LogP contribution in [0, 0.1) is 18.8 Å². The zero-order chi connectivity index (χ0) is 17.0. The van der Waals surface area contributed by atoms with E-state index in [9.17, 15) is 9.59 Å². The fraction of sp³-hybridized carbons (Fsp3) is 0.667. The lowest BCUT2D eigenvalue weighted by Gasteiger charge is -2.27. The van der Waals surface area contributed by atoms with E-state index in [1.807, 2.05) is 26.8 Å². The van der Waals surface area contributed by atoms with Gasteiger partial charge in [0.05, 0.1) is 5.56 Å². The standard InChI is InChI=1S/C18H28N2O3/c1-11(2)16-9-15(12(3)23-16)18(22)20-10-13-5-7-14(8-6-13)17(21)19-4/h9,11,13-14H,5-8,10H2,1-4H3,(H,19,21)(H,20,22). The van der Waals surface area contributed by atoms with Crippen LogP contribution in [0.1, 0.15) is 67.3 Å². The molecule has 1 fully saturated rings. The van der Waals surface area contributed by atoms with Gasteiger partial charge >= 0.3 is 0 Å². The minimum atomic E-state index is -0.0634. The molecule has 5 nitrogen and oxygen atoms in total. The van der Waals surface area contributed by atoms with Crippen LogP contribution in [0.15, 0.2) is 10.5 Å². The molecule has 1 heterocycles. The highest BCUT2D eigenvalue weighted by atomic mass is 16.3. The van der Waals surface area contributed by atoms with E-state index in [-0.39, 0.29) is 23.7 Å². The van der Waals surface area contributed by atoms with Gasteiger partial charge in [-0.3, -0.25) is 9.59 Å². The molecule has 2 N–H and O–H groups in total. The highest BCUT2D eigenvalue weighted by Gasteiger charge is 2.26. The molecule has 1 saturated carbocycles. The molecule has 0 saturated heterocycles. The summed E-state index contributed by atoms with van der Waals surface area (Å²) in [6, 6.07) is 1.85. The molecule has 0 radical (unpaired) electrons. The summed E-state index contributed by atoms with van der Waals surface area (Å²) in [6.07, 6.45) is 3.78. The second-order valence-electron chi connectivity index (χ2n) is 6.82. The lowest BCUT2D eigenvalue weighted by Crippen LogP contribution is -2.35. The van der Waals surface area contributed by atoms with Gasteiger partial charge in [0.1, 0.15) is 11.5 Å². The number of hydrogen-bond donors (Lipinski definition) is 2. The van der Waals surface area contributed by atoms with Crippen molar-refractivity contribution in [3.05, 3.63) is 23.2 Å². The van der Waals surface area contributed by atoms with Crippen LogP contribution in [0.3, 0.4) is 0 Å². The number of carbonyl (C=O) groups excluding carboxylic acids is 2. The highest BCUT2D eigenvalue weighted by Crippen LogP contribution is 2.28. The van der Waals surface area contributed by atoms with E-state index >= 15 is 0 Å². The van der Waals surface area contributed by atoms with E-state index in [1.165, 1.54) is 0 Å². The smallest absolute Gasteiger partial charge is 0.254 e. The first-order valence-electron chi connectivity index (χ1n) is 8.52. The van der Waals surface area contributed by atoms with Crippen LogP contribution in [-0.2, 0) is 4.79 Å². The van der Waals surface area contributed by atoms with Crippen LogP contribution in [0.2, 0.25) is 0 Å². The Morgan fingerprint density at radius 2 is 1.91 bits per heavy atom. The van der Waals surface area contributed by atoms with Gasteiger partial charge in [-0.2, -0.15) is 0 Å². The molecular weight excluding hydrogens is 292 g/mol. The molecule has 1 aliphatic rings. The zero-order valence-corrected chi connectivity index (χ0v) is 14.6. The average molecular weight is 320 g/mol. The van der Waals surface area contributed by atoms with E-state index in [2.05, 4.69) is 10.6 Å². The third-order valence-corrected chi connectivity index (χ3v) is 4.77. The maximum absolute atomic E-state index is 12.3. The Hall–Kier alpha value is -1.78. The molecule has 0 spiro atoms. The van der Waals surface area contributed by atoms with Gasteiger partial charge in [0.15, 0.2) is 0 Å². The van der Waals surface area contributed by atoms with Crippen molar-refractivity contribution in [1.29, 1.82) is 0 Å². The number of aryl methyl sites for hydroxylation is 1. The number of furan rings is 1. The third kappa shape index (κ3) is 4.36. The molecule has 0 atom stereocenters. The quantitative estimate of drug-likeness (QED) is 0.876. The second-order valence-corrected chi connectivity index (χ2v) is 6.82. The largest absolute Gasteiger partial charge is 0.465 e. The van der Waals surface area contributed by atoms with E-state index in [4.69, 9.17) is 4.42 Å². The SMILES string of the molecule is CNC(=O)C1CCC(CNC(=O)c2cc(C(C)C)oc2C)CC1. The summed E-state index contributed by atoms with van der Waals surface area (Å²) in [7, 11) is 1.69. The summed E-state index contributed by atoms with van der Waals surface area (Å²) in [5.74, 6) is 2.46. The van der Waals surface area contributed by atoms with Crippen LogP contribution < -0.4 is 10.6 Å². The Bertz CT molecular complexity index is 555. The van der Waals surface area contributed by atoms with Crippen molar-refractivity contribution in [2.75, 3.05) is 13.6 Å². The Balaban J connectivity index is 1.83. The van der Waals surface area contributed by atoms with Gasteiger partial charge in [0.25, 0.3) is 5.91 Å². The van der Waals surface area contributed by atoms with Gasteiger partial charge in [0.2, 0.25) is 5.91 Å². The normalized spacial score (nSPS) is 21.3. The summed E-state index contributed by atoms with van der Waals surface area (Å²) >= 11 is 0. The first-order chi connectivity index (χ1) is 10.9. The van der Waals surface area contributed by atoms with Crippen molar-refractivity contribution in [2.45, 2.75) is 52.4 Å². The molecule has 128 valence electrons.